The minimum Gasteiger partial charge on any atom is -0.496 e. The third-order valence-electron chi connectivity index (χ3n) is 3.25. The lowest BCUT2D eigenvalue weighted by Gasteiger charge is -2.11. The maximum absolute atomic E-state index is 5.36. The van der Waals surface area contributed by atoms with E-state index >= 15 is 0 Å². The molecule has 5 nitrogen and oxygen atoms in total. The van der Waals surface area contributed by atoms with Crippen molar-refractivity contribution in [3.8, 4) is 5.75 Å². The molecular weight excluding hydrogens is 276 g/mol. The third-order valence-corrected chi connectivity index (χ3v) is 3.25. The van der Waals surface area contributed by atoms with Gasteiger partial charge in [-0.05, 0) is 24.0 Å². The van der Waals surface area contributed by atoms with Gasteiger partial charge < -0.3 is 15.4 Å². The molecule has 0 amide bonds. The first-order valence-corrected chi connectivity index (χ1v) is 7.60. The van der Waals surface area contributed by atoms with E-state index in [9.17, 15) is 0 Å². The summed E-state index contributed by atoms with van der Waals surface area (Å²) in [6, 6.07) is 10.00. The van der Waals surface area contributed by atoms with E-state index in [-0.39, 0.29) is 0 Å². The van der Waals surface area contributed by atoms with Crippen molar-refractivity contribution in [3.05, 3.63) is 42.2 Å². The molecule has 22 heavy (non-hydrogen) atoms. The molecule has 2 N–H and O–H groups in total. The molecule has 0 bridgehead atoms. The first-order chi connectivity index (χ1) is 10.7. The van der Waals surface area contributed by atoms with Crippen molar-refractivity contribution in [3.63, 3.8) is 0 Å². The Morgan fingerprint density at radius 1 is 1.09 bits per heavy atom. The zero-order valence-electron chi connectivity index (χ0n) is 13.5. The molecule has 0 saturated heterocycles. The number of nitrogens with zero attached hydrogens (tertiary/aromatic N) is 2. The molecular formula is C17H24N4O. The minimum absolute atomic E-state index is 0.580. The average molecular weight is 300 g/mol. The molecule has 0 aliphatic carbocycles. The Labute approximate surface area is 132 Å². The Morgan fingerprint density at radius 2 is 1.82 bits per heavy atom. The quantitative estimate of drug-likeness (QED) is 0.784. The number of para-hydroxylation sites is 1. The van der Waals surface area contributed by atoms with Crippen LogP contribution < -0.4 is 15.4 Å². The van der Waals surface area contributed by atoms with Crippen LogP contribution in [0.1, 0.15) is 19.4 Å². The van der Waals surface area contributed by atoms with Crippen molar-refractivity contribution in [2.75, 3.05) is 30.8 Å². The van der Waals surface area contributed by atoms with Gasteiger partial charge in [0.2, 0.25) is 0 Å². The van der Waals surface area contributed by atoms with Crippen molar-refractivity contribution < 1.29 is 4.74 Å². The first-order valence-electron chi connectivity index (χ1n) is 7.60. The molecule has 1 aromatic heterocycles. The van der Waals surface area contributed by atoms with Crippen LogP contribution in [0.25, 0.3) is 0 Å². The minimum atomic E-state index is 0.580. The molecule has 0 saturated carbocycles. The Kier molecular flexibility index (Phi) is 6.01. The van der Waals surface area contributed by atoms with Crippen molar-refractivity contribution in [2.24, 2.45) is 5.92 Å². The standard InChI is InChI=1S/C17H24N4O/c1-13(2)11-19-17-10-16(20-12-21-17)18-9-8-14-6-4-5-7-15(14)22-3/h4-7,10,12-13H,8-9,11H2,1-3H3,(H2,18,19,20,21). The normalized spacial score (nSPS) is 10.5. The maximum atomic E-state index is 5.36. The van der Waals surface area contributed by atoms with Crippen LogP contribution in [0, 0.1) is 5.92 Å². The topological polar surface area (TPSA) is 59.1 Å². The number of ether oxygens (including phenoxy) is 1. The molecule has 0 aliphatic rings. The van der Waals surface area contributed by atoms with Gasteiger partial charge in [-0.25, -0.2) is 9.97 Å². The lowest BCUT2D eigenvalue weighted by Crippen LogP contribution is -2.11. The maximum Gasteiger partial charge on any atom is 0.131 e. The number of hydrogen-bond donors (Lipinski definition) is 2. The zero-order chi connectivity index (χ0) is 15.8. The molecule has 0 aliphatic heterocycles. The number of hydrogen-bond acceptors (Lipinski definition) is 5. The number of nitrogens with one attached hydrogen (secondary N) is 2. The van der Waals surface area contributed by atoms with E-state index in [0.29, 0.717) is 5.92 Å². The van der Waals surface area contributed by atoms with Gasteiger partial charge in [-0.1, -0.05) is 32.0 Å². The van der Waals surface area contributed by atoms with E-state index in [1.165, 1.54) is 5.56 Å². The fourth-order valence-corrected chi connectivity index (χ4v) is 2.09. The zero-order valence-corrected chi connectivity index (χ0v) is 13.5. The summed E-state index contributed by atoms with van der Waals surface area (Å²) < 4.78 is 5.36. The van der Waals surface area contributed by atoms with Gasteiger partial charge in [-0.15, -0.1) is 0 Å². The lowest BCUT2D eigenvalue weighted by atomic mass is 10.1. The predicted molar refractivity (Wildman–Crippen MR) is 90.5 cm³/mol. The summed E-state index contributed by atoms with van der Waals surface area (Å²) >= 11 is 0. The van der Waals surface area contributed by atoms with E-state index in [4.69, 9.17) is 4.74 Å². The van der Waals surface area contributed by atoms with Crippen LogP contribution in [0.4, 0.5) is 11.6 Å². The Bertz CT molecular complexity index is 586. The van der Waals surface area contributed by atoms with Gasteiger partial charge in [-0.3, -0.25) is 0 Å². The third kappa shape index (κ3) is 4.91. The highest BCUT2D eigenvalue weighted by Crippen LogP contribution is 2.18. The fraction of sp³-hybridized carbons (Fsp3) is 0.412. The molecule has 2 rings (SSSR count). The summed E-state index contributed by atoms with van der Waals surface area (Å²) in [5.74, 6) is 3.18. The largest absolute Gasteiger partial charge is 0.496 e. The van der Waals surface area contributed by atoms with E-state index in [2.05, 4.69) is 40.5 Å². The van der Waals surface area contributed by atoms with E-state index in [1.807, 2.05) is 24.3 Å². The SMILES string of the molecule is COc1ccccc1CCNc1cc(NCC(C)C)ncn1. The number of rotatable bonds is 8. The second-order valence-corrected chi connectivity index (χ2v) is 5.55. The molecule has 0 spiro atoms. The molecule has 0 atom stereocenters. The van der Waals surface area contributed by atoms with Crippen LogP contribution >= 0.6 is 0 Å². The van der Waals surface area contributed by atoms with Crippen molar-refractivity contribution in [2.45, 2.75) is 20.3 Å². The van der Waals surface area contributed by atoms with E-state index < -0.39 is 0 Å². The summed E-state index contributed by atoms with van der Waals surface area (Å²) in [4.78, 5) is 8.47. The van der Waals surface area contributed by atoms with Crippen LogP contribution in [0.2, 0.25) is 0 Å². The highest BCUT2D eigenvalue weighted by molar-refractivity contribution is 5.46. The molecule has 0 radical (unpaired) electrons. The van der Waals surface area contributed by atoms with Crippen LogP contribution in [0.3, 0.4) is 0 Å². The second-order valence-electron chi connectivity index (χ2n) is 5.55. The van der Waals surface area contributed by atoms with Crippen LogP contribution in [-0.4, -0.2) is 30.2 Å². The van der Waals surface area contributed by atoms with Gasteiger partial charge in [0.1, 0.15) is 23.7 Å². The van der Waals surface area contributed by atoms with Crippen molar-refractivity contribution in [1.29, 1.82) is 0 Å². The smallest absolute Gasteiger partial charge is 0.131 e. The second kappa shape index (κ2) is 8.22. The van der Waals surface area contributed by atoms with Gasteiger partial charge in [-0.2, -0.15) is 0 Å². The average Bonchev–Trinajstić information content (AvgIpc) is 2.54. The number of anilines is 2. The monoisotopic (exact) mass is 300 g/mol. The first kappa shape index (κ1) is 16.1. The van der Waals surface area contributed by atoms with Gasteiger partial charge in [0.05, 0.1) is 7.11 Å². The van der Waals surface area contributed by atoms with Crippen LogP contribution in [0.5, 0.6) is 5.75 Å². The summed E-state index contributed by atoms with van der Waals surface area (Å²) in [6.45, 7) is 6.03. The fourth-order valence-electron chi connectivity index (χ4n) is 2.09. The molecule has 1 aromatic carbocycles. The summed E-state index contributed by atoms with van der Waals surface area (Å²) in [5.41, 5.74) is 1.18. The van der Waals surface area contributed by atoms with Gasteiger partial charge >= 0.3 is 0 Å². The number of methoxy groups -OCH3 is 1. The van der Waals surface area contributed by atoms with Gasteiger partial charge in [0, 0.05) is 19.2 Å². The van der Waals surface area contributed by atoms with Crippen molar-refractivity contribution in [1.82, 2.24) is 9.97 Å². The number of benzene rings is 1. The molecule has 2 aromatic rings. The summed E-state index contributed by atoms with van der Waals surface area (Å²) in [6.07, 6.45) is 2.46. The Hall–Kier alpha value is -2.30. The van der Waals surface area contributed by atoms with Crippen molar-refractivity contribution >= 4 is 11.6 Å². The van der Waals surface area contributed by atoms with Crippen LogP contribution in [0.15, 0.2) is 36.7 Å². The molecule has 0 unspecified atom stereocenters. The Balaban J connectivity index is 1.87. The summed E-state index contributed by atoms with van der Waals surface area (Å²) in [7, 11) is 1.70. The van der Waals surface area contributed by atoms with Crippen LogP contribution in [-0.2, 0) is 6.42 Å². The number of aromatic nitrogens is 2. The highest BCUT2D eigenvalue weighted by Gasteiger charge is 2.03. The van der Waals surface area contributed by atoms with E-state index in [1.54, 1.807) is 13.4 Å². The molecule has 1 heterocycles. The molecule has 5 heteroatoms. The van der Waals surface area contributed by atoms with E-state index in [0.717, 1.165) is 36.9 Å². The Morgan fingerprint density at radius 3 is 2.55 bits per heavy atom. The molecule has 0 fully saturated rings. The lowest BCUT2D eigenvalue weighted by molar-refractivity contribution is 0.410. The van der Waals surface area contributed by atoms with Gasteiger partial charge in [0.25, 0.3) is 0 Å². The predicted octanol–water partition coefficient (Wildman–Crippen LogP) is 3.21. The van der Waals surface area contributed by atoms with Gasteiger partial charge in [0.15, 0.2) is 0 Å². The highest BCUT2D eigenvalue weighted by atomic mass is 16.5. The molecule has 118 valence electrons. The summed E-state index contributed by atoms with van der Waals surface area (Å²) in [5, 5.41) is 6.63.